The minimum atomic E-state index is -2.25. The number of nitrogens with zero attached hydrogens (tertiary/aromatic N) is 3. The average Bonchev–Trinajstić information content (AvgIpc) is 4.05. The summed E-state index contributed by atoms with van der Waals surface area (Å²) < 4.78 is 36.6. The number of benzene rings is 7. The summed E-state index contributed by atoms with van der Waals surface area (Å²) >= 11 is -0.258. The summed E-state index contributed by atoms with van der Waals surface area (Å²) in [5, 5.41) is 4.00. The Hall–Kier alpha value is -5.63. The van der Waals surface area contributed by atoms with E-state index in [-0.39, 0.29) is 25.7 Å². The number of hydrogen-bond donors (Lipinski definition) is 0. The Bertz CT molecular complexity index is 3740. The van der Waals surface area contributed by atoms with Crippen molar-refractivity contribution in [1.29, 1.82) is 0 Å². The van der Waals surface area contributed by atoms with Gasteiger partial charge in [0.25, 0.3) is 0 Å². The van der Waals surface area contributed by atoms with Crippen molar-refractivity contribution in [1.82, 2.24) is 14.5 Å². The molecule has 0 N–H and O–H groups in total. The minimum absolute atomic E-state index is 0. The van der Waals surface area contributed by atoms with E-state index in [2.05, 4.69) is 185 Å². The molecule has 4 heterocycles. The fourth-order valence-electron chi connectivity index (χ4n) is 9.77. The zero-order chi connectivity index (χ0) is 49.9. The first-order valence-corrected chi connectivity index (χ1v) is 32.0. The van der Waals surface area contributed by atoms with Crippen LogP contribution in [0.2, 0.25) is 17.3 Å². The van der Waals surface area contributed by atoms with Crippen molar-refractivity contribution < 1.29 is 28.6 Å². The average molecular weight is 1160 g/mol. The predicted molar refractivity (Wildman–Crippen MR) is 294 cm³/mol. The van der Waals surface area contributed by atoms with Gasteiger partial charge in [0.05, 0.1) is 16.9 Å². The van der Waals surface area contributed by atoms with Crippen molar-refractivity contribution in [3.63, 3.8) is 0 Å². The van der Waals surface area contributed by atoms with Crippen LogP contribution in [0.25, 0.3) is 92.6 Å². The number of fused-ring (bicyclic) bond motifs is 7. The maximum Gasteiger partial charge on any atom is 0 e. The molecule has 11 rings (SSSR count). The molecule has 7 aromatic carbocycles. The molecule has 0 aliphatic heterocycles. The summed E-state index contributed by atoms with van der Waals surface area (Å²) in [6.07, 6.45) is 3.02. The van der Waals surface area contributed by atoms with Crippen molar-refractivity contribution in [2.45, 2.75) is 83.9 Å². The van der Waals surface area contributed by atoms with Gasteiger partial charge in [-0.15, -0.1) is 18.2 Å². The molecule has 0 aliphatic rings. The number of thiophene rings is 1. The molecular formula is C62H59GeIrN3OS-2. The Morgan fingerprint density at radius 2 is 1.41 bits per heavy atom. The van der Waals surface area contributed by atoms with Crippen molar-refractivity contribution in [2.75, 3.05) is 0 Å². The number of aryl methyl sites for hydroxylation is 1. The molecule has 69 heavy (non-hydrogen) atoms. The number of furan rings is 1. The van der Waals surface area contributed by atoms with Gasteiger partial charge < -0.3 is 4.57 Å². The molecule has 4 aromatic heterocycles. The first kappa shape index (κ1) is 44.6. The van der Waals surface area contributed by atoms with Crippen LogP contribution >= 0.6 is 11.3 Å². The topological polar surface area (TPSA) is 43.9 Å². The Balaban J connectivity index is 0.000000181. The molecule has 349 valence electrons. The standard InChI is InChI=1S/C37H31N2S.C25H28GeNO.Ir/c1-23(2)30-21-26(25-13-6-5-7-14-25)22-31(24(3)4)35(30)39-33-19-10-9-18-32(33)38-37(39)29-17-12-16-28-27-15-8-11-20-34(27)40-36(28)29;1-16(2)13-18-14-22(27-15-21(18)26(4,5)6)19-12-11-17(3)24-20-9-7-8-10-23(20)28-25(19)24;/h5-16,18-24H,1-4H3;7-11,14-16H,13H2,1-6H3;/q2*-1;/i;3D3;. The second-order valence-electron chi connectivity index (χ2n) is 20.1. The smallest absolute Gasteiger partial charge is 0 e. The maximum atomic E-state index is 8.01. The molecule has 0 spiro atoms. The van der Waals surface area contributed by atoms with E-state index in [9.17, 15) is 0 Å². The van der Waals surface area contributed by atoms with Gasteiger partial charge in [0, 0.05) is 30.5 Å². The molecule has 0 saturated carbocycles. The van der Waals surface area contributed by atoms with E-state index in [0.717, 1.165) is 45.5 Å². The SMILES string of the molecule is CC(C)c1cc(-c2ccccc2)cc(C(C)C)c1-n1c(-c2[c-]ccc3c2sc2ccccc23)nc2ccccc21.[2H]C([2H])([2H])c1c[c-]c(-c2cc(CC(C)C)[c]([Ge]([CH3])([CH3])[CH3])cn2)c2oc3ccccc3c12.[Ir]. The van der Waals surface area contributed by atoms with E-state index in [1.165, 1.54) is 58.1 Å². The van der Waals surface area contributed by atoms with Gasteiger partial charge in [0.1, 0.15) is 0 Å². The quantitative estimate of drug-likeness (QED) is 0.107. The van der Waals surface area contributed by atoms with Crippen LogP contribution in [0.1, 0.15) is 79.7 Å². The molecule has 0 amide bonds. The Labute approximate surface area is 431 Å². The molecule has 1 radical (unpaired) electrons. The Morgan fingerprint density at radius 1 is 0.725 bits per heavy atom. The Morgan fingerprint density at radius 3 is 2.12 bits per heavy atom. The predicted octanol–water partition coefficient (Wildman–Crippen LogP) is 17.3. The Kier molecular flexibility index (Phi) is 12.7. The normalized spacial score (nSPS) is 12.8. The van der Waals surface area contributed by atoms with Crippen molar-refractivity contribution >= 4 is 82.1 Å². The van der Waals surface area contributed by atoms with Crippen LogP contribution in [-0.2, 0) is 26.5 Å². The van der Waals surface area contributed by atoms with Crippen molar-refractivity contribution in [3.05, 3.63) is 180 Å². The molecule has 4 nitrogen and oxygen atoms in total. The van der Waals surface area contributed by atoms with Crippen LogP contribution in [0.4, 0.5) is 0 Å². The third-order valence-corrected chi connectivity index (χ3v) is 18.5. The number of hydrogen-bond acceptors (Lipinski definition) is 4. The van der Waals surface area contributed by atoms with Crippen LogP contribution < -0.4 is 4.40 Å². The van der Waals surface area contributed by atoms with E-state index in [1.807, 2.05) is 41.8 Å². The van der Waals surface area contributed by atoms with Crippen LogP contribution in [-0.4, -0.2) is 27.8 Å². The van der Waals surface area contributed by atoms with E-state index in [0.29, 0.717) is 34.3 Å². The van der Waals surface area contributed by atoms with Crippen molar-refractivity contribution in [2.24, 2.45) is 5.92 Å². The summed E-state index contributed by atoms with van der Waals surface area (Å²) in [7, 11) is 0. The number of pyridine rings is 1. The zero-order valence-corrected chi connectivity index (χ0v) is 46.1. The van der Waals surface area contributed by atoms with Gasteiger partial charge in [-0.1, -0.05) is 99.3 Å². The van der Waals surface area contributed by atoms with Crippen LogP contribution in [0.3, 0.4) is 0 Å². The maximum absolute atomic E-state index is 8.01. The summed E-state index contributed by atoms with van der Waals surface area (Å²) in [6.45, 7) is 11.4. The third-order valence-electron chi connectivity index (χ3n) is 13.0. The van der Waals surface area contributed by atoms with E-state index < -0.39 is 20.1 Å². The number of rotatable bonds is 9. The van der Waals surface area contributed by atoms with Gasteiger partial charge >= 0.3 is 174 Å². The molecule has 0 aliphatic carbocycles. The van der Waals surface area contributed by atoms with Gasteiger partial charge in [-0.2, -0.15) is 11.3 Å². The molecular weight excluding hydrogens is 1100 g/mol. The number of aromatic nitrogens is 3. The summed E-state index contributed by atoms with van der Waals surface area (Å²) in [4.78, 5) is 10.1. The van der Waals surface area contributed by atoms with Crippen LogP contribution in [0.15, 0.2) is 150 Å². The van der Waals surface area contributed by atoms with Crippen LogP contribution in [0.5, 0.6) is 0 Å². The van der Waals surface area contributed by atoms with Gasteiger partial charge in [-0.25, -0.2) is 0 Å². The largest absolute Gasteiger partial charge is 0 e. The first-order valence-electron chi connectivity index (χ1n) is 25.4. The van der Waals surface area contributed by atoms with Crippen molar-refractivity contribution in [3.8, 4) is 39.5 Å². The van der Waals surface area contributed by atoms with E-state index >= 15 is 0 Å². The first-order chi connectivity index (χ1) is 34.0. The summed E-state index contributed by atoms with van der Waals surface area (Å²) in [5.74, 6) is 9.30. The fourth-order valence-corrected chi connectivity index (χ4v) is 14.3. The minimum Gasteiger partial charge on any atom is 0 e. The number of imidazole rings is 1. The molecule has 11 aromatic rings. The molecule has 0 unspecified atom stereocenters. The zero-order valence-electron chi connectivity index (χ0n) is 43.8. The fraction of sp³-hybridized carbons (Fsp3) is 0.226. The number of para-hydroxylation sites is 3. The van der Waals surface area contributed by atoms with Crippen LogP contribution in [0, 0.1) is 24.9 Å². The monoisotopic (exact) mass is 1160 g/mol. The third kappa shape index (κ3) is 9.18. The van der Waals surface area contributed by atoms with Gasteiger partial charge in [-0.05, 0) is 74.5 Å². The molecule has 0 saturated heterocycles. The summed E-state index contributed by atoms with van der Waals surface area (Å²) in [5.41, 5.74) is 13.9. The van der Waals surface area contributed by atoms with E-state index in [1.54, 1.807) is 6.07 Å². The second kappa shape index (κ2) is 19.6. The molecule has 0 fully saturated rings. The molecule has 0 bridgehead atoms. The molecule has 7 heteroatoms. The molecule has 0 atom stereocenters. The van der Waals surface area contributed by atoms with E-state index in [4.69, 9.17) is 18.5 Å². The van der Waals surface area contributed by atoms with Gasteiger partial charge in [-0.3, -0.25) is 4.98 Å². The second-order valence-corrected chi connectivity index (χ2v) is 31.7. The van der Waals surface area contributed by atoms with Gasteiger partial charge in [0.15, 0.2) is 0 Å². The van der Waals surface area contributed by atoms with Gasteiger partial charge in [0.2, 0.25) is 0 Å². The summed E-state index contributed by atoms with van der Waals surface area (Å²) in [6, 6.07) is 55.1.